The summed E-state index contributed by atoms with van der Waals surface area (Å²) in [5.41, 5.74) is 0. The van der Waals surface area contributed by atoms with E-state index in [1.807, 2.05) is 0 Å². The van der Waals surface area contributed by atoms with Crippen LogP contribution in [0.5, 0.6) is 0 Å². The van der Waals surface area contributed by atoms with Crippen molar-refractivity contribution < 1.29 is 23.4 Å². The highest BCUT2D eigenvalue weighted by atomic mass is 32.2. The summed E-state index contributed by atoms with van der Waals surface area (Å²) in [6.45, 7) is -0.403. The third kappa shape index (κ3) is 4.40. The van der Waals surface area contributed by atoms with Crippen LogP contribution in [-0.2, 0) is 14.6 Å². The van der Waals surface area contributed by atoms with E-state index < -0.39 is 22.5 Å². The van der Waals surface area contributed by atoms with Gasteiger partial charge in [-0.2, -0.15) is 0 Å². The van der Waals surface area contributed by atoms with Gasteiger partial charge in [-0.3, -0.25) is 4.79 Å². The summed E-state index contributed by atoms with van der Waals surface area (Å²) in [6, 6.07) is -0.356. The van der Waals surface area contributed by atoms with Crippen LogP contribution in [0.2, 0.25) is 0 Å². The monoisotopic (exact) mass is 319 g/mol. The highest BCUT2D eigenvalue weighted by Gasteiger charge is 2.37. The summed E-state index contributed by atoms with van der Waals surface area (Å²) in [4.78, 5) is 14.2. The molecule has 2 rings (SSSR count). The number of rotatable bonds is 5. The predicted octanol–water partition coefficient (Wildman–Crippen LogP) is -0.0644. The zero-order valence-electron chi connectivity index (χ0n) is 12.3. The zero-order chi connectivity index (χ0) is 15.5. The normalized spacial score (nSPS) is 27.4. The molecule has 2 N–H and O–H groups in total. The largest absolute Gasteiger partial charge is 0.394 e. The Morgan fingerprint density at radius 2 is 1.86 bits per heavy atom. The van der Waals surface area contributed by atoms with Crippen molar-refractivity contribution in [2.45, 2.75) is 50.7 Å². The molecule has 0 aromatic carbocycles. The quantitative estimate of drug-likeness (QED) is 0.740. The Hall–Kier alpha value is -0.660. The van der Waals surface area contributed by atoms with Gasteiger partial charge >= 0.3 is 0 Å². The van der Waals surface area contributed by atoms with Gasteiger partial charge in [0.05, 0.1) is 24.2 Å². The van der Waals surface area contributed by atoms with E-state index in [4.69, 9.17) is 5.11 Å². The number of nitrogens with zero attached hydrogens (tertiary/aromatic N) is 1. The molecule has 0 spiro atoms. The predicted molar refractivity (Wildman–Crippen MR) is 78.4 cm³/mol. The summed E-state index contributed by atoms with van der Waals surface area (Å²) < 4.78 is 23.3. The number of aliphatic hydroxyl groups is 2. The molecule has 2 aliphatic rings. The van der Waals surface area contributed by atoms with E-state index in [0.29, 0.717) is 6.42 Å². The first-order chi connectivity index (χ1) is 9.93. The van der Waals surface area contributed by atoms with Crippen LogP contribution in [-0.4, -0.2) is 66.2 Å². The molecule has 2 fully saturated rings. The minimum Gasteiger partial charge on any atom is -0.394 e. The molecule has 0 aromatic heterocycles. The van der Waals surface area contributed by atoms with Gasteiger partial charge in [-0.15, -0.1) is 0 Å². The van der Waals surface area contributed by atoms with Gasteiger partial charge in [0.2, 0.25) is 5.91 Å². The first-order valence-electron chi connectivity index (χ1n) is 7.73. The smallest absolute Gasteiger partial charge is 0.226 e. The van der Waals surface area contributed by atoms with Gasteiger partial charge in [0.15, 0.2) is 9.84 Å². The third-order valence-electron chi connectivity index (χ3n) is 4.50. The number of carbonyl (C=O) groups excluding carboxylic acids is 1. The average Bonchev–Trinajstić information content (AvgIpc) is 2.84. The molecule has 1 saturated carbocycles. The number of carbonyl (C=O) groups is 1. The second-order valence-corrected chi connectivity index (χ2v) is 8.45. The van der Waals surface area contributed by atoms with E-state index >= 15 is 0 Å². The second kappa shape index (κ2) is 7.07. The number of aliphatic hydroxyl groups excluding tert-OH is 2. The average molecular weight is 319 g/mol. The number of hydrogen-bond acceptors (Lipinski definition) is 5. The minimum absolute atomic E-state index is 0.0199. The molecule has 0 bridgehead atoms. The molecular weight excluding hydrogens is 294 g/mol. The summed E-state index contributed by atoms with van der Waals surface area (Å²) in [5, 5.41) is 18.7. The Balaban J connectivity index is 2.09. The molecule has 6 nitrogen and oxygen atoms in total. The van der Waals surface area contributed by atoms with E-state index in [2.05, 4.69) is 0 Å². The topological polar surface area (TPSA) is 94.9 Å². The van der Waals surface area contributed by atoms with Gasteiger partial charge in [0.25, 0.3) is 0 Å². The molecule has 7 heteroatoms. The molecule has 1 aliphatic heterocycles. The summed E-state index contributed by atoms with van der Waals surface area (Å²) in [5.74, 6) is -0.0393. The zero-order valence-corrected chi connectivity index (χ0v) is 13.1. The molecule has 1 heterocycles. The van der Waals surface area contributed by atoms with Gasteiger partial charge in [0, 0.05) is 18.5 Å². The molecule has 21 heavy (non-hydrogen) atoms. The van der Waals surface area contributed by atoms with E-state index in [9.17, 15) is 18.3 Å². The number of sulfone groups is 1. The summed E-state index contributed by atoms with van der Waals surface area (Å²) >= 11 is 0. The lowest BCUT2D eigenvalue weighted by Gasteiger charge is -2.34. The SMILES string of the molecule is O=C(C1CCCCC1)N(C[C@H](O)CO)[C@@H]1CCS(=O)(=O)C1. The summed E-state index contributed by atoms with van der Waals surface area (Å²) in [7, 11) is -3.09. The molecule has 1 saturated heterocycles. The molecule has 1 aliphatic carbocycles. The van der Waals surface area contributed by atoms with Gasteiger partial charge in [0.1, 0.15) is 0 Å². The maximum Gasteiger partial charge on any atom is 0.226 e. The Kier molecular flexibility index (Phi) is 5.62. The van der Waals surface area contributed by atoms with Crippen LogP contribution in [0.1, 0.15) is 38.5 Å². The van der Waals surface area contributed by atoms with Crippen LogP contribution >= 0.6 is 0 Å². The number of amides is 1. The highest BCUT2D eigenvalue weighted by molar-refractivity contribution is 7.91. The van der Waals surface area contributed by atoms with Crippen molar-refractivity contribution in [3.8, 4) is 0 Å². The van der Waals surface area contributed by atoms with Crippen molar-refractivity contribution in [1.29, 1.82) is 0 Å². The van der Waals surface area contributed by atoms with Crippen LogP contribution in [0.15, 0.2) is 0 Å². The lowest BCUT2D eigenvalue weighted by molar-refractivity contribution is -0.140. The highest BCUT2D eigenvalue weighted by Crippen LogP contribution is 2.28. The van der Waals surface area contributed by atoms with E-state index in [0.717, 1.165) is 32.1 Å². The van der Waals surface area contributed by atoms with Crippen molar-refractivity contribution >= 4 is 15.7 Å². The fraction of sp³-hybridized carbons (Fsp3) is 0.929. The van der Waals surface area contributed by atoms with E-state index in [-0.39, 0.29) is 35.9 Å². The Bertz CT molecular complexity index is 458. The van der Waals surface area contributed by atoms with Crippen molar-refractivity contribution in [2.24, 2.45) is 5.92 Å². The number of hydrogen-bond donors (Lipinski definition) is 2. The Labute approximate surface area is 126 Å². The van der Waals surface area contributed by atoms with Crippen molar-refractivity contribution in [3.05, 3.63) is 0 Å². The van der Waals surface area contributed by atoms with Crippen LogP contribution in [0.3, 0.4) is 0 Å². The molecule has 0 radical (unpaired) electrons. The maximum absolute atomic E-state index is 12.7. The van der Waals surface area contributed by atoms with Crippen LogP contribution < -0.4 is 0 Å². The first-order valence-corrected chi connectivity index (χ1v) is 9.55. The minimum atomic E-state index is -3.09. The summed E-state index contributed by atoms with van der Waals surface area (Å²) in [6.07, 6.45) is 4.28. The van der Waals surface area contributed by atoms with E-state index in [1.54, 1.807) is 0 Å². The molecule has 122 valence electrons. The van der Waals surface area contributed by atoms with Gasteiger partial charge in [-0.25, -0.2) is 8.42 Å². The lowest BCUT2D eigenvalue weighted by Crippen LogP contribution is -2.48. The van der Waals surface area contributed by atoms with Crippen LogP contribution in [0, 0.1) is 5.92 Å². The van der Waals surface area contributed by atoms with Crippen molar-refractivity contribution in [3.63, 3.8) is 0 Å². The van der Waals surface area contributed by atoms with Gasteiger partial charge < -0.3 is 15.1 Å². The third-order valence-corrected chi connectivity index (χ3v) is 6.26. The molecule has 1 amide bonds. The molecule has 0 unspecified atom stereocenters. The molecule has 0 aromatic rings. The fourth-order valence-corrected chi connectivity index (χ4v) is 5.04. The standard InChI is InChI=1S/C14H25NO5S/c16-9-13(17)8-15(12-6-7-21(19,20)10-12)14(18)11-4-2-1-3-5-11/h11-13,16-17H,1-10H2/t12-,13+/m1/s1. The van der Waals surface area contributed by atoms with E-state index in [1.165, 1.54) is 4.90 Å². The molecular formula is C14H25NO5S. The van der Waals surface area contributed by atoms with Gasteiger partial charge in [-0.05, 0) is 19.3 Å². The van der Waals surface area contributed by atoms with Crippen LogP contribution in [0.4, 0.5) is 0 Å². The van der Waals surface area contributed by atoms with Gasteiger partial charge in [-0.1, -0.05) is 19.3 Å². The first kappa shape index (κ1) is 16.7. The molecule has 2 atom stereocenters. The van der Waals surface area contributed by atoms with Crippen molar-refractivity contribution in [2.75, 3.05) is 24.7 Å². The Morgan fingerprint density at radius 3 is 2.38 bits per heavy atom. The fourth-order valence-electron chi connectivity index (χ4n) is 3.31. The lowest BCUT2D eigenvalue weighted by atomic mass is 9.88. The Morgan fingerprint density at radius 1 is 1.19 bits per heavy atom. The van der Waals surface area contributed by atoms with Crippen molar-refractivity contribution in [1.82, 2.24) is 4.90 Å². The second-order valence-electron chi connectivity index (χ2n) is 6.22. The van der Waals surface area contributed by atoms with Crippen LogP contribution in [0.25, 0.3) is 0 Å². The maximum atomic E-state index is 12.7.